The van der Waals surface area contributed by atoms with Crippen molar-refractivity contribution in [3.05, 3.63) is 95.1 Å². The van der Waals surface area contributed by atoms with Gasteiger partial charge in [-0.05, 0) is 79.4 Å². The van der Waals surface area contributed by atoms with Gasteiger partial charge >= 0.3 is 0 Å². The summed E-state index contributed by atoms with van der Waals surface area (Å²) in [5.74, 6) is -0.0969. The van der Waals surface area contributed by atoms with Crippen LogP contribution in [0.3, 0.4) is 0 Å². The molecule has 198 valence electrons. The summed E-state index contributed by atoms with van der Waals surface area (Å²) in [6, 6.07) is 24.8. The molecule has 0 radical (unpaired) electrons. The van der Waals surface area contributed by atoms with Crippen LogP contribution in [0.15, 0.2) is 77.7 Å². The van der Waals surface area contributed by atoms with Gasteiger partial charge in [0.1, 0.15) is 0 Å². The van der Waals surface area contributed by atoms with Gasteiger partial charge in [-0.15, -0.1) is 12.6 Å². The lowest BCUT2D eigenvalue weighted by atomic mass is 9.96. The lowest BCUT2D eigenvalue weighted by Crippen LogP contribution is -2.29. The van der Waals surface area contributed by atoms with Gasteiger partial charge in [-0.2, -0.15) is 0 Å². The van der Waals surface area contributed by atoms with E-state index in [-0.39, 0.29) is 5.91 Å². The van der Waals surface area contributed by atoms with Gasteiger partial charge < -0.3 is 10.6 Å². The standard InChI is InChI=1S/C23H22N2OS.C7H15N.C2H6/c26-23(24-21-9-11-22(27)12-10-21)19-7-5-17(6-8-19)15-25-14-13-18-3-1-2-4-20(18)16-25;1-8-7-5-3-2-4-6-7;1-2/h1-12,27H,13-16H2,(H,24,26);7-8H,2-6H2,1H3;1-2H3. The molecule has 1 aliphatic heterocycles. The Morgan fingerprint density at radius 1 is 0.892 bits per heavy atom. The Kier molecular flexibility index (Phi) is 12.2. The van der Waals surface area contributed by atoms with Crippen LogP contribution in [-0.2, 0) is 19.5 Å². The molecule has 5 rings (SSSR count). The van der Waals surface area contributed by atoms with Crippen LogP contribution in [0.4, 0.5) is 5.69 Å². The largest absolute Gasteiger partial charge is 0.322 e. The van der Waals surface area contributed by atoms with Crippen molar-refractivity contribution in [3.8, 4) is 0 Å². The third kappa shape index (κ3) is 9.33. The highest BCUT2D eigenvalue weighted by Crippen LogP contribution is 2.21. The van der Waals surface area contributed by atoms with E-state index in [1.54, 1.807) is 0 Å². The summed E-state index contributed by atoms with van der Waals surface area (Å²) >= 11 is 4.26. The number of rotatable bonds is 5. The Hall–Kier alpha value is -2.60. The van der Waals surface area contributed by atoms with Crippen molar-refractivity contribution in [1.29, 1.82) is 0 Å². The van der Waals surface area contributed by atoms with Crippen LogP contribution < -0.4 is 10.6 Å². The van der Waals surface area contributed by atoms with E-state index < -0.39 is 0 Å². The summed E-state index contributed by atoms with van der Waals surface area (Å²) in [6.07, 6.45) is 8.23. The fourth-order valence-electron chi connectivity index (χ4n) is 4.85. The van der Waals surface area contributed by atoms with Crippen molar-refractivity contribution in [1.82, 2.24) is 10.2 Å². The summed E-state index contributed by atoms with van der Waals surface area (Å²) in [5.41, 5.74) is 5.55. The number of amides is 1. The number of hydrogen-bond acceptors (Lipinski definition) is 4. The predicted octanol–water partition coefficient (Wildman–Crippen LogP) is 7.35. The fourth-order valence-corrected chi connectivity index (χ4v) is 5.00. The highest BCUT2D eigenvalue weighted by Gasteiger charge is 2.16. The maximum absolute atomic E-state index is 12.4. The molecule has 5 heteroatoms. The number of fused-ring (bicyclic) bond motifs is 1. The van der Waals surface area contributed by atoms with Crippen LogP contribution in [0.1, 0.15) is 73.0 Å². The first-order valence-electron chi connectivity index (χ1n) is 13.8. The molecule has 0 atom stereocenters. The topological polar surface area (TPSA) is 44.4 Å². The van der Waals surface area contributed by atoms with Gasteiger partial charge in [0, 0.05) is 41.8 Å². The van der Waals surface area contributed by atoms with E-state index in [9.17, 15) is 4.79 Å². The summed E-state index contributed by atoms with van der Waals surface area (Å²) < 4.78 is 0. The molecule has 1 fully saturated rings. The second-order valence-electron chi connectivity index (χ2n) is 9.55. The minimum Gasteiger partial charge on any atom is -0.322 e. The molecule has 4 nitrogen and oxygen atoms in total. The van der Waals surface area contributed by atoms with Crippen LogP contribution >= 0.6 is 12.6 Å². The molecule has 0 unspecified atom stereocenters. The van der Waals surface area contributed by atoms with Gasteiger partial charge in [0.15, 0.2) is 0 Å². The average Bonchev–Trinajstić information content (AvgIpc) is 2.96. The SMILES string of the molecule is CC.CNC1CCCCC1.O=C(Nc1ccc(S)cc1)c1ccc(CN2CCc3ccccc3C2)cc1. The van der Waals surface area contributed by atoms with Gasteiger partial charge in [-0.1, -0.05) is 69.5 Å². The van der Waals surface area contributed by atoms with E-state index in [1.807, 2.05) is 62.4 Å². The number of carbonyl (C=O) groups excluding carboxylic acids is 1. The van der Waals surface area contributed by atoms with Crippen molar-refractivity contribution in [2.75, 3.05) is 18.9 Å². The Morgan fingerprint density at radius 3 is 2.16 bits per heavy atom. The molecule has 0 bridgehead atoms. The van der Waals surface area contributed by atoms with Crippen LogP contribution in [-0.4, -0.2) is 30.4 Å². The number of nitrogens with zero attached hydrogens (tertiary/aromatic N) is 1. The van der Waals surface area contributed by atoms with Crippen molar-refractivity contribution in [3.63, 3.8) is 0 Å². The lowest BCUT2D eigenvalue weighted by Gasteiger charge is -2.28. The van der Waals surface area contributed by atoms with Crippen LogP contribution in [0.5, 0.6) is 0 Å². The summed E-state index contributed by atoms with van der Waals surface area (Å²) in [7, 11) is 2.07. The molecule has 3 aromatic carbocycles. The molecule has 0 spiro atoms. The van der Waals surface area contributed by atoms with Gasteiger partial charge in [0.2, 0.25) is 0 Å². The fraction of sp³-hybridized carbons (Fsp3) is 0.406. The van der Waals surface area contributed by atoms with Gasteiger partial charge in [0.05, 0.1) is 0 Å². The molecular weight excluding hydrogens is 474 g/mol. The third-order valence-corrected chi connectivity index (χ3v) is 7.27. The summed E-state index contributed by atoms with van der Waals surface area (Å²) in [5, 5.41) is 6.22. The van der Waals surface area contributed by atoms with Gasteiger partial charge in [-0.3, -0.25) is 9.69 Å². The maximum atomic E-state index is 12.4. The zero-order valence-electron chi connectivity index (χ0n) is 22.7. The minimum absolute atomic E-state index is 0.0969. The molecule has 2 aliphatic rings. The van der Waals surface area contributed by atoms with E-state index >= 15 is 0 Å². The van der Waals surface area contributed by atoms with E-state index in [0.717, 1.165) is 42.7 Å². The van der Waals surface area contributed by atoms with Crippen molar-refractivity contribution in [2.45, 2.75) is 76.4 Å². The first kappa shape index (κ1) is 29.0. The predicted molar refractivity (Wildman–Crippen MR) is 160 cm³/mol. The number of anilines is 1. The smallest absolute Gasteiger partial charge is 0.255 e. The van der Waals surface area contributed by atoms with Gasteiger partial charge in [-0.25, -0.2) is 0 Å². The molecule has 1 heterocycles. The number of hydrogen-bond donors (Lipinski definition) is 3. The molecule has 0 aromatic heterocycles. The molecule has 3 aromatic rings. The summed E-state index contributed by atoms with van der Waals surface area (Å²) in [6.45, 7) is 6.96. The number of nitrogens with one attached hydrogen (secondary N) is 2. The highest BCUT2D eigenvalue weighted by atomic mass is 32.1. The number of thiol groups is 1. The Balaban J connectivity index is 0.000000322. The maximum Gasteiger partial charge on any atom is 0.255 e. The second kappa shape index (κ2) is 15.6. The van der Waals surface area contributed by atoms with E-state index in [2.05, 4.69) is 59.5 Å². The monoisotopic (exact) mass is 517 g/mol. The summed E-state index contributed by atoms with van der Waals surface area (Å²) in [4.78, 5) is 15.7. The Morgan fingerprint density at radius 2 is 1.54 bits per heavy atom. The molecule has 37 heavy (non-hydrogen) atoms. The van der Waals surface area contributed by atoms with Crippen LogP contribution in [0.2, 0.25) is 0 Å². The molecular formula is C32H43N3OS. The Labute approximate surface area is 229 Å². The highest BCUT2D eigenvalue weighted by molar-refractivity contribution is 7.80. The zero-order valence-corrected chi connectivity index (χ0v) is 23.6. The van der Waals surface area contributed by atoms with Crippen LogP contribution in [0.25, 0.3) is 0 Å². The Bertz CT molecular complexity index is 1080. The second-order valence-corrected chi connectivity index (χ2v) is 10.1. The van der Waals surface area contributed by atoms with Crippen molar-refractivity contribution >= 4 is 24.2 Å². The first-order chi connectivity index (χ1) is 18.1. The first-order valence-corrected chi connectivity index (χ1v) is 14.2. The minimum atomic E-state index is -0.0969. The number of carbonyl (C=O) groups is 1. The van der Waals surface area contributed by atoms with Gasteiger partial charge in [0.25, 0.3) is 5.91 Å². The van der Waals surface area contributed by atoms with Crippen LogP contribution in [0, 0.1) is 0 Å². The quantitative estimate of drug-likeness (QED) is 0.310. The normalized spacial score (nSPS) is 15.4. The lowest BCUT2D eigenvalue weighted by molar-refractivity contribution is 0.102. The molecule has 1 aliphatic carbocycles. The van der Waals surface area contributed by atoms with Crippen molar-refractivity contribution in [2.24, 2.45) is 0 Å². The third-order valence-electron chi connectivity index (χ3n) is 6.97. The van der Waals surface area contributed by atoms with E-state index in [0.29, 0.717) is 5.56 Å². The molecule has 2 N–H and O–H groups in total. The zero-order chi connectivity index (χ0) is 26.5. The number of benzene rings is 3. The van der Waals surface area contributed by atoms with Crippen molar-refractivity contribution < 1.29 is 4.79 Å². The van der Waals surface area contributed by atoms with E-state index in [1.165, 1.54) is 48.8 Å². The molecule has 1 amide bonds. The molecule has 1 saturated carbocycles. The average molecular weight is 518 g/mol. The van der Waals surface area contributed by atoms with E-state index in [4.69, 9.17) is 0 Å². The molecule has 0 saturated heterocycles.